The monoisotopic (exact) mass is 373 g/mol. The van der Waals surface area contributed by atoms with Crippen molar-refractivity contribution in [2.75, 3.05) is 31.2 Å². The number of hydrogen-bond acceptors (Lipinski definition) is 7. The number of rotatable bonds is 6. The molecular weight excluding hydrogens is 353 g/mol. The van der Waals surface area contributed by atoms with Crippen LogP contribution in [0.2, 0.25) is 0 Å². The predicted octanol–water partition coefficient (Wildman–Crippen LogP) is 1.49. The van der Waals surface area contributed by atoms with E-state index in [0.29, 0.717) is 35.9 Å². The number of nitrogens with zero attached hydrogens (tertiary/aromatic N) is 3. The van der Waals surface area contributed by atoms with Crippen LogP contribution in [0.3, 0.4) is 0 Å². The number of esters is 1. The fraction of sp³-hybridized carbons (Fsp3) is 0.333. The first-order chi connectivity index (χ1) is 13.0. The van der Waals surface area contributed by atoms with E-state index in [-0.39, 0.29) is 18.9 Å². The number of carbonyl (C=O) groups excluding carboxylic acids is 1. The van der Waals surface area contributed by atoms with E-state index in [1.165, 1.54) is 12.1 Å². The Bertz CT molecular complexity index is 822. The first kappa shape index (κ1) is 18.7. The fourth-order valence-electron chi connectivity index (χ4n) is 2.67. The topological polar surface area (TPSA) is 114 Å². The summed E-state index contributed by atoms with van der Waals surface area (Å²) in [6, 6.07) is 4.36. The van der Waals surface area contributed by atoms with Gasteiger partial charge in [0, 0.05) is 31.0 Å². The molecule has 0 amide bonds. The Kier molecular flexibility index (Phi) is 5.92. The van der Waals surface area contributed by atoms with Gasteiger partial charge in [0.25, 0.3) is 0 Å². The van der Waals surface area contributed by atoms with Crippen molar-refractivity contribution in [3.8, 4) is 11.1 Å². The van der Waals surface area contributed by atoms with Gasteiger partial charge in [0.1, 0.15) is 24.7 Å². The van der Waals surface area contributed by atoms with Gasteiger partial charge in [0.05, 0.1) is 13.2 Å². The van der Waals surface area contributed by atoms with E-state index in [4.69, 9.17) is 20.6 Å². The van der Waals surface area contributed by atoms with Gasteiger partial charge in [-0.15, -0.1) is 0 Å². The maximum absolute atomic E-state index is 14.0. The maximum atomic E-state index is 14.0. The quantitative estimate of drug-likeness (QED) is 0.448. The van der Waals surface area contributed by atoms with Crippen LogP contribution in [0.1, 0.15) is 12.0 Å². The van der Waals surface area contributed by atoms with E-state index in [9.17, 15) is 9.18 Å². The minimum absolute atomic E-state index is 0.108. The van der Waals surface area contributed by atoms with Gasteiger partial charge in [0.15, 0.2) is 0 Å². The molecule has 0 atom stereocenters. The van der Waals surface area contributed by atoms with Gasteiger partial charge in [-0.2, -0.15) is 0 Å². The summed E-state index contributed by atoms with van der Waals surface area (Å²) >= 11 is 0. The molecule has 0 radical (unpaired) electrons. The molecule has 0 saturated carbocycles. The predicted molar refractivity (Wildman–Crippen MR) is 96.8 cm³/mol. The lowest BCUT2D eigenvalue weighted by Crippen LogP contribution is -2.37. The lowest BCUT2D eigenvalue weighted by atomic mass is 10.1. The first-order valence-electron chi connectivity index (χ1n) is 8.44. The van der Waals surface area contributed by atoms with Gasteiger partial charge in [-0.1, -0.05) is 0 Å². The third-order valence-electron chi connectivity index (χ3n) is 3.96. The first-order valence-corrected chi connectivity index (χ1v) is 8.44. The summed E-state index contributed by atoms with van der Waals surface area (Å²) in [5.74, 6) is -0.761. The van der Waals surface area contributed by atoms with E-state index in [0.717, 1.165) is 13.1 Å². The summed E-state index contributed by atoms with van der Waals surface area (Å²) in [4.78, 5) is 22.2. The van der Waals surface area contributed by atoms with Crippen molar-refractivity contribution in [1.82, 2.24) is 9.97 Å². The molecule has 0 aliphatic carbocycles. The van der Waals surface area contributed by atoms with Crippen LogP contribution in [0, 0.1) is 11.2 Å². The number of nitrogens with one attached hydrogen (secondary N) is 1. The van der Waals surface area contributed by atoms with Gasteiger partial charge in [-0.05, 0) is 29.3 Å². The highest BCUT2D eigenvalue weighted by Gasteiger charge is 2.14. The molecule has 27 heavy (non-hydrogen) atoms. The summed E-state index contributed by atoms with van der Waals surface area (Å²) in [6.45, 7) is 2.63. The van der Waals surface area contributed by atoms with Gasteiger partial charge in [-0.25, -0.2) is 14.4 Å². The molecular formula is C18H20FN5O3. The molecule has 3 rings (SSSR count). The second-order valence-corrected chi connectivity index (χ2v) is 6.08. The van der Waals surface area contributed by atoms with Crippen molar-refractivity contribution in [2.45, 2.75) is 13.0 Å². The van der Waals surface area contributed by atoms with Crippen LogP contribution in [-0.4, -0.2) is 48.1 Å². The van der Waals surface area contributed by atoms with E-state index < -0.39 is 11.8 Å². The Morgan fingerprint density at radius 1 is 1.22 bits per heavy atom. The van der Waals surface area contributed by atoms with Crippen LogP contribution in [0.25, 0.3) is 11.1 Å². The van der Waals surface area contributed by atoms with Crippen LogP contribution >= 0.6 is 0 Å². The summed E-state index contributed by atoms with van der Waals surface area (Å²) in [5, 5.41) is 7.07. The van der Waals surface area contributed by atoms with Crippen LogP contribution in [0.4, 0.5) is 10.3 Å². The number of amidine groups is 1. The highest BCUT2D eigenvalue weighted by Crippen LogP contribution is 2.22. The van der Waals surface area contributed by atoms with Gasteiger partial charge in [0.2, 0.25) is 5.95 Å². The van der Waals surface area contributed by atoms with Crippen LogP contribution in [-0.2, 0) is 20.9 Å². The molecule has 8 nitrogen and oxygen atoms in total. The Morgan fingerprint density at radius 2 is 1.93 bits per heavy atom. The third kappa shape index (κ3) is 5.20. The average molecular weight is 373 g/mol. The van der Waals surface area contributed by atoms with Gasteiger partial charge in [-0.3, -0.25) is 10.2 Å². The number of morpholine rings is 1. The summed E-state index contributed by atoms with van der Waals surface area (Å²) in [7, 11) is 0. The van der Waals surface area contributed by atoms with E-state index in [2.05, 4.69) is 9.97 Å². The second kappa shape index (κ2) is 8.54. The molecule has 1 aliphatic rings. The van der Waals surface area contributed by atoms with Gasteiger partial charge < -0.3 is 20.1 Å². The summed E-state index contributed by atoms with van der Waals surface area (Å²) in [6.07, 6.45) is 2.98. The molecule has 0 spiro atoms. The Hall–Kier alpha value is -3.07. The zero-order chi connectivity index (χ0) is 19.2. The number of benzene rings is 1. The molecule has 1 fully saturated rings. The van der Waals surface area contributed by atoms with Crippen molar-refractivity contribution in [1.29, 1.82) is 5.41 Å². The number of halogens is 1. The minimum atomic E-state index is -0.633. The van der Waals surface area contributed by atoms with E-state index in [1.807, 2.05) is 4.90 Å². The highest BCUT2D eigenvalue weighted by molar-refractivity contribution is 5.94. The molecule has 1 aromatic carbocycles. The zero-order valence-electron chi connectivity index (χ0n) is 14.7. The van der Waals surface area contributed by atoms with Crippen molar-refractivity contribution in [2.24, 2.45) is 5.73 Å². The van der Waals surface area contributed by atoms with Crippen molar-refractivity contribution < 1.29 is 18.7 Å². The van der Waals surface area contributed by atoms with Crippen LogP contribution in [0.15, 0.2) is 30.6 Å². The molecule has 1 saturated heterocycles. The average Bonchev–Trinajstić information content (AvgIpc) is 2.66. The number of anilines is 1. The fourth-order valence-corrected chi connectivity index (χ4v) is 2.67. The lowest BCUT2D eigenvalue weighted by molar-refractivity contribution is -0.143. The molecule has 2 aromatic rings. The molecule has 3 N–H and O–H groups in total. The molecule has 1 aromatic heterocycles. The molecule has 142 valence electrons. The second-order valence-electron chi connectivity index (χ2n) is 6.08. The van der Waals surface area contributed by atoms with Crippen LogP contribution in [0.5, 0.6) is 0 Å². The van der Waals surface area contributed by atoms with E-state index >= 15 is 0 Å². The lowest BCUT2D eigenvalue weighted by Gasteiger charge is -2.26. The Labute approximate surface area is 155 Å². The Balaban J connectivity index is 1.71. The molecule has 0 bridgehead atoms. The number of hydrogen-bond donors (Lipinski definition) is 2. The number of ether oxygens (including phenoxy) is 2. The Morgan fingerprint density at radius 3 is 2.59 bits per heavy atom. The van der Waals surface area contributed by atoms with E-state index in [1.54, 1.807) is 18.5 Å². The number of carbonyl (C=O) groups is 1. The van der Waals surface area contributed by atoms with Gasteiger partial charge >= 0.3 is 5.97 Å². The third-order valence-corrected chi connectivity index (χ3v) is 3.96. The normalized spacial score (nSPS) is 14.0. The number of nitrogens with two attached hydrogens (primary N) is 1. The number of aromatic nitrogens is 2. The smallest absolute Gasteiger partial charge is 0.313 e. The summed E-state index contributed by atoms with van der Waals surface area (Å²) < 4.78 is 24.3. The highest BCUT2D eigenvalue weighted by atomic mass is 19.1. The SMILES string of the molecule is N=C(N)CC(=O)OCc1cc(F)cc(-c2cnc(N3CCOCC3)nc2)c1. The molecule has 9 heteroatoms. The van der Waals surface area contributed by atoms with Crippen molar-refractivity contribution >= 4 is 17.8 Å². The van der Waals surface area contributed by atoms with Crippen molar-refractivity contribution in [3.05, 3.63) is 42.0 Å². The largest absolute Gasteiger partial charge is 0.460 e. The standard InChI is InChI=1S/C18H20FN5O3/c19-15-6-12(11-27-17(25)8-16(20)21)5-13(7-15)14-9-22-18(23-10-14)24-1-3-26-4-2-24/h5-7,9-10H,1-4,8,11H2,(H3,20,21). The van der Waals surface area contributed by atoms with Crippen molar-refractivity contribution in [3.63, 3.8) is 0 Å². The molecule has 0 unspecified atom stereocenters. The molecule has 1 aliphatic heterocycles. The zero-order valence-corrected chi connectivity index (χ0v) is 14.7. The minimum Gasteiger partial charge on any atom is -0.460 e. The molecule has 2 heterocycles. The van der Waals surface area contributed by atoms with Crippen LogP contribution < -0.4 is 10.6 Å². The summed E-state index contributed by atoms with van der Waals surface area (Å²) in [5.41, 5.74) is 6.88. The maximum Gasteiger partial charge on any atom is 0.313 e.